The van der Waals surface area contributed by atoms with Gasteiger partial charge in [-0.1, -0.05) is 0 Å². The summed E-state index contributed by atoms with van der Waals surface area (Å²) in [7, 11) is -7.74. The average molecular weight is 1020 g/mol. The highest BCUT2D eigenvalue weighted by Crippen LogP contribution is 2.85. The quantitative estimate of drug-likeness (QED) is 0.0897. The van der Waals surface area contributed by atoms with E-state index in [1.54, 1.807) is 43.1 Å². The summed E-state index contributed by atoms with van der Waals surface area (Å²) in [5.41, 5.74) is 6.19. The molecule has 0 bridgehead atoms. The molecule has 0 spiro atoms. The van der Waals surface area contributed by atoms with E-state index < -0.39 is 26.0 Å². The Morgan fingerprint density at radius 1 is 0.205 bits per heavy atom. The Bertz CT molecular complexity index is 7150. The molecule has 0 saturated heterocycles. The van der Waals surface area contributed by atoms with Gasteiger partial charge in [0, 0.05) is 0 Å². The van der Waals surface area contributed by atoms with E-state index in [1.807, 2.05) is 27.7 Å². The fraction of sp³-hybridized carbons (Fsp3) is 0.171. The third-order valence-corrected chi connectivity index (χ3v) is 30.1. The summed E-state index contributed by atoms with van der Waals surface area (Å²) >= 11 is 0. The van der Waals surface area contributed by atoms with Crippen molar-refractivity contribution in [2.45, 2.75) is 38.5 Å². The van der Waals surface area contributed by atoms with Crippen LogP contribution in [0.4, 0.5) is 0 Å². The van der Waals surface area contributed by atoms with Gasteiger partial charge in [-0.15, -0.1) is 0 Å². The lowest BCUT2D eigenvalue weighted by Crippen LogP contribution is -2.46. The lowest BCUT2D eigenvalue weighted by atomic mass is 9.55. The third-order valence-electron chi connectivity index (χ3n) is 25.7. The van der Waals surface area contributed by atoms with Crippen molar-refractivity contribution in [3.8, 4) is 0 Å². The molecule has 0 saturated carbocycles. The largest absolute Gasteiger partial charge is 0.332 e. The van der Waals surface area contributed by atoms with E-state index in [4.69, 9.17) is 18.1 Å². The zero-order chi connectivity index (χ0) is 48.6. The Labute approximate surface area is 430 Å². The van der Waals surface area contributed by atoms with Crippen LogP contribution in [0.5, 0.6) is 0 Å². The molecule has 6 nitrogen and oxygen atoms in total. The van der Waals surface area contributed by atoms with Crippen LogP contribution in [0.25, 0.3) is 280 Å². The Morgan fingerprint density at radius 3 is 0.487 bits per heavy atom. The van der Waals surface area contributed by atoms with E-state index in [0.717, 1.165) is 0 Å². The molecule has 0 radical (unpaired) electrons. The molecule has 8 heteroatoms. The number of benzene rings is 17. The maximum absolute atomic E-state index is 16.7. The van der Waals surface area contributed by atoms with Crippen molar-refractivity contribution in [3.63, 3.8) is 0 Å². The molecule has 0 N–H and O–H groups in total. The minimum atomic E-state index is -3.87. The second-order valence-electron chi connectivity index (χ2n) is 26.8. The van der Waals surface area contributed by atoms with Gasteiger partial charge in [0.05, 0.1) is 49.6 Å². The van der Waals surface area contributed by atoms with Crippen LogP contribution in [-0.2, 0) is 38.1 Å². The predicted octanol–water partition coefficient (Wildman–Crippen LogP) is 19.5. The van der Waals surface area contributed by atoms with Crippen molar-refractivity contribution in [2.24, 2.45) is 0 Å². The minimum Gasteiger partial charge on any atom is -0.309 e. The van der Waals surface area contributed by atoms with Gasteiger partial charge in [0.1, 0.15) is 0 Å². The van der Waals surface area contributed by atoms with Gasteiger partial charge in [-0.3, -0.25) is 9.13 Å². The lowest BCUT2D eigenvalue weighted by Gasteiger charge is -2.49. The van der Waals surface area contributed by atoms with Gasteiger partial charge in [0.25, 0.3) is 0 Å². The molecule has 27 aromatic rings. The maximum atomic E-state index is 16.7. The molecule has 2 atom stereocenters. The van der Waals surface area contributed by atoms with Crippen LogP contribution >= 0.6 is 15.2 Å². The fourth-order valence-electron chi connectivity index (χ4n) is 25.7. The summed E-state index contributed by atoms with van der Waals surface area (Å²) in [5, 5.41) is 77.2. The van der Waals surface area contributed by atoms with Crippen LogP contribution in [0.3, 0.4) is 0 Å². The van der Waals surface area contributed by atoms with E-state index in [1.165, 1.54) is 270 Å². The highest BCUT2D eigenvalue weighted by atomic mass is 31.2. The van der Waals surface area contributed by atoms with Crippen molar-refractivity contribution in [1.82, 2.24) is 0 Å². The molecule has 32 rings (SSSR count). The Morgan fingerprint density at radius 2 is 0.321 bits per heavy atom. The van der Waals surface area contributed by atoms with Crippen molar-refractivity contribution >= 4 is 295 Å². The van der Waals surface area contributed by atoms with Gasteiger partial charge in [-0.2, -0.15) is 0 Å². The van der Waals surface area contributed by atoms with E-state index in [9.17, 15) is 0 Å². The van der Waals surface area contributed by atoms with Crippen molar-refractivity contribution in [3.05, 3.63) is 33.4 Å². The van der Waals surface area contributed by atoms with Crippen LogP contribution in [0, 0.1) is 0 Å². The summed E-state index contributed by atoms with van der Waals surface area (Å²) < 4.78 is 60.5. The van der Waals surface area contributed by atoms with Crippen molar-refractivity contribution in [1.29, 1.82) is 0 Å². The number of hydrogen-bond donors (Lipinski definition) is 0. The molecule has 2 unspecified atom stereocenters. The topological polar surface area (TPSA) is 71.1 Å². The molecule has 5 aliphatic rings. The van der Waals surface area contributed by atoms with Gasteiger partial charge < -0.3 is 18.1 Å². The van der Waals surface area contributed by atoms with Crippen LogP contribution in [0.15, 0.2) is 0 Å². The van der Waals surface area contributed by atoms with Gasteiger partial charge >= 0.3 is 15.2 Å². The summed E-state index contributed by atoms with van der Waals surface area (Å²) in [4.78, 5) is 0. The molecule has 5 aliphatic carbocycles. The standard InChI is InChI=1S/C70H24O6P2/c1-5-73-77(71,74-6-2)9-69-63-55-46-39-26-19-13-14-16-12-11-15(13)24(26)30-28-17(11)21-18(12)29-31-25(16)27-20(14)23-22(19)33-41-34(23)43-40(27)47-45(31)49-36(29)38-32(21)37-35(28)48(44(30)46)59(63)61-50(37)51(38)62-60(49)64-56(47)53(43)58-54(41)57(52(55)42(33)39)65(69)66(58)70(64,68(62)67(61)69)10-78(72,75-7-3)76-8-4/h5-10H2,1-4H3. The van der Waals surface area contributed by atoms with Crippen LogP contribution in [0.2, 0.25) is 0 Å². The summed E-state index contributed by atoms with van der Waals surface area (Å²) in [6, 6.07) is 0. The minimum absolute atomic E-state index is 0.212. The molecule has 78 heavy (non-hydrogen) atoms. The van der Waals surface area contributed by atoms with Gasteiger partial charge in [-0.05, 0) is 341 Å². The third kappa shape index (κ3) is 2.05. The van der Waals surface area contributed by atoms with Crippen LogP contribution in [-0.4, -0.2) is 38.8 Å². The Balaban J connectivity index is 1.11. The highest BCUT2D eigenvalue weighted by molar-refractivity contribution is 7.54. The molecule has 0 aliphatic heterocycles. The second-order valence-corrected chi connectivity index (χ2v) is 30.9. The lowest BCUT2D eigenvalue weighted by molar-refractivity contribution is 0.214. The average Bonchev–Trinajstić information content (AvgIpc) is 1.47. The predicted molar refractivity (Wildman–Crippen MR) is 324 cm³/mol. The summed E-state index contributed by atoms with van der Waals surface area (Å²) in [6.45, 7) is 9.11. The zero-order valence-corrected chi connectivity index (χ0v) is 43.4. The van der Waals surface area contributed by atoms with E-state index in [-0.39, 0.29) is 38.8 Å². The summed E-state index contributed by atoms with van der Waals surface area (Å²) in [6.07, 6.45) is 0.425. The van der Waals surface area contributed by atoms with E-state index in [0.29, 0.717) is 0 Å². The van der Waals surface area contributed by atoms with Gasteiger partial charge in [0.15, 0.2) is 0 Å². The molecule has 0 fully saturated rings. The Hall–Kier alpha value is -7.24. The fourth-order valence-corrected chi connectivity index (χ4v) is 29.9. The first-order chi connectivity index (χ1) is 38.4. The Kier molecular flexibility index (Phi) is 3.56. The zero-order valence-electron chi connectivity index (χ0n) is 41.6. The summed E-state index contributed by atoms with van der Waals surface area (Å²) in [5.74, 6) is 0. The van der Waals surface area contributed by atoms with Crippen molar-refractivity contribution < 1.29 is 27.2 Å². The molecule has 350 valence electrons. The van der Waals surface area contributed by atoms with E-state index >= 15 is 9.13 Å². The van der Waals surface area contributed by atoms with Gasteiger partial charge in [-0.25, -0.2) is 0 Å². The van der Waals surface area contributed by atoms with Gasteiger partial charge in [0.2, 0.25) is 0 Å². The maximum Gasteiger partial charge on any atom is 0.332 e. The molecule has 0 amide bonds. The van der Waals surface area contributed by atoms with Crippen molar-refractivity contribution in [2.75, 3.05) is 38.8 Å². The van der Waals surface area contributed by atoms with Crippen LogP contribution in [0.1, 0.15) is 61.1 Å². The van der Waals surface area contributed by atoms with E-state index in [2.05, 4.69) is 0 Å². The second kappa shape index (κ2) is 8.18. The molecular formula is C70H24O6P2. The SMILES string of the molecule is CCOP(=O)(CC12c3c4c5c6c7c8c9c%10c(c1c1c%11c2c2c%12c3c5c3c5c%12c%12c2c2c%11c%11c%13c1c%10c1c%10c9c9c7c7c6c3c3c5c5c%12c6c2c%11c2c(c%131)c1c%10c9c9c7c3c3c9c1c2c6c53)C48CP(=O)(OCC)OCC)OCC. The smallest absolute Gasteiger partial charge is 0.309 e. The first-order valence-electron chi connectivity index (χ1n) is 28.9. The molecule has 0 aromatic heterocycles. The number of hydrogen-bond acceptors (Lipinski definition) is 6. The molecule has 27 aromatic carbocycles. The number of rotatable bonds is 12. The normalized spacial score (nSPS) is 21.3. The molecular weight excluding hydrogens is 999 g/mol. The first-order valence-corrected chi connectivity index (χ1v) is 32.4. The van der Waals surface area contributed by atoms with Crippen LogP contribution < -0.4 is 0 Å². The monoisotopic (exact) mass is 1020 g/mol. The first kappa shape index (κ1) is 33.9. The highest BCUT2D eigenvalue weighted by Gasteiger charge is 2.69. The molecule has 0 heterocycles.